The summed E-state index contributed by atoms with van der Waals surface area (Å²) in [6, 6.07) is 0. The van der Waals surface area contributed by atoms with Crippen molar-refractivity contribution in [3.05, 3.63) is 0 Å². The van der Waals surface area contributed by atoms with E-state index in [1.54, 1.807) is 0 Å². The van der Waals surface area contributed by atoms with Crippen LogP contribution in [0.25, 0.3) is 0 Å². The van der Waals surface area contributed by atoms with Crippen LogP contribution < -0.4 is 0 Å². The van der Waals surface area contributed by atoms with Crippen LogP contribution in [0, 0.1) is 5.92 Å². The average molecular weight is 279 g/mol. The molecule has 0 amide bonds. The molecular weight excluding hydrogens is 262 g/mol. The highest BCUT2D eigenvalue weighted by molar-refractivity contribution is 7.90. The summed E-state index contributed by atoms with van der Waals surface area (Å²) in [6.45, 7) is 1.52. The van der Waals surface area contributed by atoms with Crippen LogP contribution in [0.2, 0.25) is 0 Å². The van der Waals surface area contributed by atoms with Crippen molar-refractivity contribution in [1.29, 1.82) is 0 Å². The molecule has 1 atom stereocenters. The Morgan fingerprint density at radius 1 is 1.33 bits per heavy atom. The number of piperidine rings is 1. The van der Waals surface area contributed by atoms with Gasteiger partial charge in [0.1, 0.15) is 0 Å². The Morgan fingerprint density at radius 3 is 2.22 bits per heavy atom. The van der Waals surface area contributed by atoms with Crippen LogP contribution in [-0.2, 0) is 24.3 Å². The summed E-state index contributed by atoms with van der Waals surface area (Å²) in [5, 5.41) is 7.56. The number of carbonyl (C=O) groups is 2. The largest absolute Gasteiger partial charge is 0.481 e. The highest BCUT2D eigenvalue weighted by atomic mass is 32.2. The molecule has 0 spiro atoms. The summed E-state index contributed by atoms with van der Waals surface area (Å²) in [5.41, 5.74) is 0. The molecule has 1 N–H and O–H groups in total. The van der Waals surface area contributed by atoms with Gasteiger partial charge in [-0.3, -0.25) is 9.59 Å². The number of hydrogen-bond donors (Lipinski definition) is 1. The van der Waals surface area contributed by atoms with Crippen molar-refractivity contribution in [2.45, 2.75) is 25.0 Å². The van der Waals surface area contributed by atoms with Crippen LogP contribution in [0.15, 0.2) is 0 Å². The molecule has 1 aliphatic heterocycles. The molecule has 7 nitrogen and oxygen atoms in total. The lowest BCUT2D eigenvalue weighted by Gasteiger charge is -2.30. The molecule has 8 heteroatoms. The maximum atomic E-state index is 12.0. The normalized spacial score (nSPS) is 20.3. The van der Waals surface area contributed by atoms with E-state index in [4.69, 9.17) is 5.11 Å². The number of methoxy groups -OCH3 is 1. The zero-order chi connectivity index (χ0) is 13.9. The van der Waals surface area contributed by atoms with Gasteiger partial charge in [-0.2, -0.15) is 0 Å². The molecule has 0 radical (unpaired) electrons. The third-order valence-corrected chi connectivity index (χ3v) is 5.31. The van der Waals surface area contributed by atoms with Crippen molar-refractivity contribution in [3.8, 4) is 0 Å². The van der Waals surface area contributed by atoms with E-state index in [1.165, 1.54) is 6.92 Å². The third kappa shape index (κ3) is 2.99. The average Bonchev–Trinajstić information content (AvgIpc) is 2.36. The molecule has 0 aromatic rings. The maximum absolute atomic E-state index is 12.0. The number of carbonyl (C=O) groups excluding carboxylic acids is 1. The van der Waals surface area contributed by atoms with E-state index in [1.807, 2.05) is 0 Å². The zero-order valence-corrected chi connectivity index (χ0v) is 11.1. The lowest BCUT2D eigenvalue weighted by atomic mass is 9.99. The van der Waals surface area contributed by atoms with Gasteiger partial charge in [0.05, 0.1) is 13.0 Å². The SMILES string of the molecule is COC(=O)C(C)S(=O)(=O)N1CCC(C(=O)O)CC1. The van der Waals surface area contributed by atoms with Crippen molar-refractivity contribution < 1.29 is 27.9 Å². The van der Waals surface area contributed by atoms with Crippen LogP contribution in [0.4, 0.5) is 0 Å². The maximum Gasteiger partial charge on any atom is 0.325 e. The summed E-state index contributed by atoms with van der Waals surface area (Å²) in [6.07, 6.45) is 0.533. The molecule has 104 valence electrons. The number of esters is 1. The highest BCUT2D eigenvalue weighted by Gasteiger charge is 2.37. The van der Waals surface area contributed by atoms with Crippen LogP contribution in [0.1, 0.15) is 19.8 Å². The van der Waals surface area contributed by atoms with Gasteiger partial charge < -0.3 is 9.84 Å². The van der Waals surface area contributed by atoms with Crippen molar-refractivity contribution in [2.75, 3.05) is 20.2 Å². The second kappa shape index (κ2) is 5.66. The molecule has 1 fully saturated rings. The molecule has 1 rings (SSSR count). The van der Waals surface area contributed by atoms with Gasteiger partial charge in [-0.25, -0.2) is 12.7 Å². The molecule has 0 bridgehead atoms. The first kappa shape index (κ1) is 14.9. The van der Waals surface area contributed by atoms with Gasteiger partial charge in [-0.1, -0.05) is 0 Å². The van der Waals surface area contributed by atoms with Crippen molar-refractivity contribution >= 4 is 22.0 Å². The predicted octanol–water partition coefficient (Wildman–Crippen LogP) is -0.326. The topological polar surface area (TPSA) is 101 Å². The van der Waals surface area contributed by atoms with Crippen molar-refractivity contribution in [3.63, 3.8) is 0 Å². The summed E-state index contributed by atoms with van der Waals surface area (Å²) in [5.74, 6) is -2.23. The fourth-order valence-electron chi connectivity index (χ4n) is 1.87. The van der Waals surface area contributed by atoms with Gasteiger partial charge in [-0.05, 0) is 19.8 Å². The molecule has 1 saturated heterocycles. The minimum absolute atomic E-state index is 0.126. The van der Waals surface area contributed by atoms with Gasteiger partial charge >= 0.3 is 11.9 Å². The summed E-state index contributed by atoms with van der Waals surface area (Å²) >= 11 is 0. The van der Waals surface area contributed by atoms with Gasteiger partial charge in [0.15, 0.2) is 5.25 Å². The molecule has 1 heterocycles. The predicted molar refractivity (Wildman–Crippen MR) is 62.3 cm³/mol. The molecule has 0 saturated carbocycles. The highest BCUT2D eigenvalue weighted by Crippen LogP contribution is 2.22. The number of hydrogen-bond acceptors (Lipinski definition) is 5. The number of sulfonamides is 1. The standard InChI is InChI=1S/C10H17NO6S/c1-7(10(14)17-2)18(15,16)11-5-3-8(4-6-11)9(12)13/h7-8H,3-6H2,1-2H3,(H,12,13). The Labute approximate surface area is 106 Å². The van der Waals surface area contributed by atoms with E-state index < -0.39 is 33.1 Å². The Hall–Kier alpha value is -1.15. The molecular formula is C10H17NO6S. The van der Waals surface area contributed by atoms with Gasteiger partial charge in [-0.15, -0.1) is 0 Å². The summed E-state index contributed by atoms with van der Waals surface area (Å²) in [7, 11) is -2.63. The Bertz CT molecular complexity index is 424. The Balaban J connectivity index is 2.72. The van der Waals surface area contributed by atoms with E-state index in [2.05, 4.69) is 4.74 Å². The quantitative estimate of drug-likeness (QED) is 0.707. The summed E-state index contributed by atoms with van der Waals surface area (Å²) in [4.78, 5) is 22.0. The molecule has 0 aliphatic carbocycles. The van der Waals surface area contributed by atoms with Crippen LogP contribution in [-0.4, -0.2) is 55.2 Å². The minimum atomic E-state index is -3.76. The van der Waals surface area contributed by atoms with Crippen LogP contribution in [0.3, 0.4) is 0 Å². The molecule has 0 aromatic heterocycles. The van der Waals surface area contributed by atoms with Crippen molar-refractivity contribution in [2.24, 2.45) is 5.92 Å². The smallest absolute Gasteiger partial charge is 0.325 e. The Morgan fingerprint density at radius 2 is 1.83 bits per heavy atom. The fourth-order valence-corrected chi connectivity index (χ4v) is 3.37. The Kier molecular flexibility index (Phi) is 4.69. The monoisotopic (exact) mass is 279 g/mol. The molecule has 0 aromatic carbocycles. The van der Waals surface area contributed by atoms with Gasteiger partial charge in [0.2, 0.25) is 10.0 Å². The number of aliphatic carboxylic acids is 1. The van der Waals surface area contributed by atoms with Gasteiger partial charge in [0, 0.05) is 13.1 Å². The molecule has 18 heavy (non-hydrogen) atoms. The number of carboxylic acids is 1. The van der Waals surface area contributed by atoms with E-state index in [0.717, 1.165) is 11.4 Å². The minimum Gasteiger partial charge on any atom is -0.481 e. The molecule has 1 aliphatic rings. The lowest BCUT2D eigenvalue weighted by Crippen LogP contribution is -2.46. The summed E-state index contributed by atoms with van der Waals surface area (Å²) < 4.78 is 29.7. The van der Waals surface area contributed by atoms with Gasteiger partial charge in [0.25, 0.3) is 0 Å². The first-order valence-electron chi connectivity index (χ1n) is 5.60. The second-order valence-corrected chi connectivity index (χ2v) is 6.48. The first-order valence-corrected chi connectivity index (χ1v) is 7.10. The lowest BCUT2D eigenvalue weighted by molar-refractivity contribution is -0.143. The number of rotatable bonds is 4. The number of carboxylic acid groups (broad SMARTS) is 1. The second-order valence-electron chi connectivity index (χ2n) is 4.22. The van der Waals surface area contributed by atoms with E-state index in [9.17, 15) is 18.0 Å². The number of ether oxygens (including phenoxy) is 1. The van der Waals surface area contributed by atoms with E-state index in [-0.39, 0.29) is 25.9 Å². The zero-order valence-electron chi connectivity index (χ0n) is 10.3. The van der Waals surface area contributed by atoms with Crippen molar-refractivity contribution in [1.82, 2.24) is 4.31 Å². The van der Waals surface area contributed by atoms with Crippen LogP contribution in [0.5, 0.6) is 0 Å². The van der Waals surface area contributed by atoms with E-state index in [0.29, 0.717) is 0 Å². The third-order valence-electron chi connectivity index (χ3n) is 3.14. The number of nitrogens with zero attached hydrogens (tertiary/aromatic N) is 1. The first-order chi connectivity index (χ1) is 8.30. The van der Waals surface area contributed by atoms with Crippen LogP contribution >= 0.6 is 0 Å². The van der Waals surface area contributed by atoms with E-state index >= 15 is 0 Å². The fraction of sp³-hybridized carbons (Fsp3) is 0.800. The molecule has 1 unspecified atom stereocenters.